The third-order valence-electron chi connectivity index (χ3n) is 2.81. The summed E-state index contributed by atoms with van der Waals surface area (Å²) in [6, 6.07) is 10.9. The lowest BCUT2D eigenvalue weighted by atomic mass is 9.94. The van der Waals surface area contributed by atoms with E-state index in [1.54, 1.807) is 0 Å². The number of aryl methyl sites for hydroxylation is 1. The molecule has 1 N–H and O–H groups in total. The lowest BCUT2D eigenvalue weighted by Crippen LogP contribution is -2.30. The van der Waals surface area contributed by atoms with Crippen LogP contribution in [0.5, 0.6) is 0 Å². The molecule has 0 aliphatic carbocycles. The van der Waals surface area contributed by atoms with Crippen molar-refractivity contribution in [1.82, 2.24) is 5.32 Å². The van der Waals surface area contributed by atoms with Gasteiger partial charge in [0.15, 0.2) is 0 Å². The van der Waals surface area contributed by atoms with Gasteiger partial charge in [-0.1, -0.05) is 24.3 Å². The number of hydrogen-bond donors (Lipinski definition) is 1. The number of nitriles is 1. The second-order valence-electron chi connectivity index (χ2n) is 4.95. The number of nitrogens with one attached hydrogen (secondary N) is 1. The maximum absolute atomic E-state index is 8.94. The Kier molecular flexibility index (Phi) is 4.09. The van der Waals surface area contributed by atoms with Crippen molar-refractivity contribution in [3.63, 3.8) is 0 Å². The van der Waals surface area contributed by atoms with Crippen LogP contribution in [0.4, 0.5) is 0 Å². The molecule has 1 unspecified atom stereocenters. The summed E-state index contributed by atoms with van der Waals surface area (Å²) in [5.41, 5.74) is 2.28. The maximum Gasteiger partial charge on any atom is 0.0697 e. The minimum absolute atomic E-state index is 0.286. The minimum Gasteiger partial charge on any atom is -0.309 e. The Morgan fingerprint density at radius 2 is 2.00 bits per heavy atom. The van der Waals surface area contributed by atoms with E-state index in [4.69, 9.17) is 5.26 Å². The molecule has 0 aromatic heterocycles. The van der Waals surface area contributed by atoms with Gasteiger partial charge in [-0.25, -0.2) is 0 Å². The fourth-order valence-electron chi connectivity index (χ4n) is 1.63. The van der Waals surface area contributed by atoms with Crippen molar-refractivity contribution in [3.05, 3.63) is 35.4 Å². The van der Waals surface area contributed by atoms with Gasteiger partial charge in [-0.2, -0.15) is 5.26 Å². The average Bonchev–Trinajstić information content (AvgIpc) is 2.27. The standard InChI is InChI=1S/C14H20N2/c1-11-7-5-6-8-13(11)12(2)16-10-14(3,4)9-15/h5-8,12,16H,10H2,1-4H3. The first-order chi connectivity index (χ1) is 7.46. The first-order valence-electron chi connectivity index (χ1n) is 5.66. The SMILES string of the molecule is Cc1ccccc1C(C)NCC(C)(C)C#N. The lowest BCUT2D eigenvalue weighted by molar-refractivity contribution is 0.415. The van der Waals surface area contributed by atoms with Crippen LogP contribution in [0, 0.1) is 23.7 Å². The van der Waals surface area contributed by atoms with Crippen molar-refractivity contribution in [1.29, 1.82) is 5.26 Å². The van der Waals surface area contributed by atoms with Crippen molar-refractivity contribution in [2.75, 3.05) is 6.54 Å². The van der Waals surface area contributed by atoms with E-state index in [1.165, 1.54) is 11.1 Å². The largest absolute Gasteiger partial charge is 0.309 e. The molecule has 1 rings (SSSR count). The summed E-state index contributed by atoms with van der Waals surface area (Å²) >= 11 is 0. The van der Waals surface area contributed by atoms with Crippen molar-refractivity contribution in [2.45, 2.75) is 33.7 Å². The molecule has 0 spiro atoms. The van der Waals surface area contributed by atoms with Gasteiger partial charge in [0, 0.05) is 12.6 Å². The predicted molar refractivity (Wildman–Crippen MR) is 67.0 cm³/mol. The molecule has 86 valence electrons. The van der Waals surface area contributed by atoms with Crippen LogP contribution in [0.1, 0.15) is 37.9 Å². The number of benzene rings is 1. The Balaban J connectivity index is 2.64. The quantitative estimate of drug-likeness (QED) is 0.839. The molecule has 1 aromatic rings. The van der Waals surface area contributed by atoms with E-state index in [1.807, 2.05) is 19.9 Å². The number of nitrogens with zero attached hydrogens (tertiary/aromatic N) is 1. The molecule has 1 aromatic carbocycles. The van der Waals surface area contributed by atoms with Crippen molar-refractivity contribution in [3.8, 4) is 6.07 Å². The Morgan fingerprint density at radius 1 is 1.38 bits per heavy atom. The molecule has 2 nitrogen and oxygen atoms in total. The van der Waals surface area contributed by atoms with Gasteiger partial charge in [0.25, 0.3) is 0 Å². The van der Waals surface area contributed by atoms with Gasteiger partial charge in [-0.3, -0.25) is 0 Å². The molecule has 0 saturated heterocycles. The first kappa shape index (κ1) is 12.7. The van der Waals surface area contributed by atoms with Gasteiger partial charge >= 0.3 is 0 Å². The Labute approximate surface area is 98.3 Å². The molecular formula is C14H20N2. The molecule has 0 heterocycles. The number of rotatable bonds is 4. The third kappa shape index (κ3) is 3.36. The molecule has 0 fully saturated rings. The zero-order chi connectivity index (χ0) is 12.2. The summed E-state index contributed by atoms with van der Waals surface area (Å²) in [6.07, 6.45) is 0. The Bertz CT molecular complexity index is 388. The summed E-state index contributed by atoms with van der Waals surface area (Å²) in [4.78, 5) is 0. The predicted octanol–water partition coefficient (Wildman–Crippen LogP) is 3.20. The highest BCUT2D eigenvalue weighted by atomic mass is 14.9. The van der Waals surface area contributed by atoms with Crippen LogP contribution in [0.2, 0.25) is 0 Å². The van der Waals surface area contributed by atoms with E-state index in [2.05, 4.69) is 43.4 Å². The monoisotopic (exact) mass is 216 g/mol. The molecule has 0 radical (unpaired) electrons. The molecule has 0 aliphatic rings. The van der Waals surface area contributed by atoms with Crippen LogP contribution in [0.25, 0.3) is 0 Å². The van der Waals surface area contributed by atoms with E-state index in [-0.39, 0.29) is 11.5 Å². The van der Waals surface area contributed by atoms with Gasteiger partial charge in [-0.05, 0) is 38.8 Å². The maximum atomic E-state index is 8.94. The third-order valence-corrected chi connectivity index (χ3v) is 2.81. The minimum atomic E-state index is -0.309. The zero-order valence-electron chi connectivity index (χ0n) is 10.5. The van der Waals surface area contributed by atoms with Crippen molar-refractivity contribution in [2.24, 2.45) is 5.41 Å². The number of hydrogen-bond acceptors (Lipinski definition) is 2. The first-order valence-corrected chi connectivity index (χ1v) is 5.66. The molecule has 1 atom stereocenters. The summed E-state index contributed by atoms with van der Waals surface area (Å²) in [5, 5.41) is 12.4. The van der Waals surface area contributed by atoms with Crippen LogP contribution in [-0.2, 0) is 0 Å². The van der Waals surface area contributed by atoms with Gasteiger partial charge in [0.2, 0.25) is 0 Å². The second kappa shape index (κ2) is 5.14. The zero-order valence-corrected chi connectivity index (χ0v) is 10.5. The van der Waals surface area contributed by atoms with E-state index in [0.29, 0.717) is 6.54 Å². The molecular weight excluding hydrogens is 196 g/mol. The molecule has 0 saturated carbocycles. The molecule has 2 heteroatoms. The topological polar surface area (TPSA) is 35.8 Å². The fourth-order valence-corrected chi connectivity index (χ4v) is 1.63. The van der Waals surface area contributed by atoms with Crippen LogP contribution in [0.15, 0.2) is 24.3 Å². The summed E-state index contributed by atoms with van der Waals surface area (Å²) in [6.45, 7) is 8.85. The van der Waals surface area contributed by atoms with Gasteiger partial charge in [0.1, 0.15) is 0 Å². The normalized spacial score (nSPS) is 13.2. The van der Waals surface area contributed by atoms with E-state index in [0.717, 1.165) is 0 Å². The summed E-state index contributed by atoms with van der Waals surface area (Å²) in [5.74, 6) is 0. The Hall–Kier alpha value is -1.33. The smallest absolute Gasteiger partial charge is 0.0697 e. The van der Waals surface area contributed by atoms with Crippen LogP contribution in [0.3, 0.4) is 0 Å². The van der Waals surface area contributed by atoms with Crippen molar-refractivity contribution >= 4 is 0 Å². The van der Waals surface area contributed by atoms with Gasteiger partial charge in [0.05, 0.1) is 11.5 Å². The average molecular weight is 216 g/mol. The summed E-state index contributed by atoms with van der Waals surface area (Å²) < 4.78 is 0. The highest BCUT2D eigenvalue weighted by Crippen LogP contribution is 2.19. The highest BCUT2D eigenvalue weighted by molar-refractivity contribution is 5.28. The van der Waals surface area contributed by atoms with Crippen molar-refractivity contribution < 1.29 is 0 Å². The second-order valence-corrected chi connectivity index (χ2v) is 4.95. The molecule has 0 amide bonds. The fraction of sp³-hybridized carbons (Fsp3) is 0.500. The summed E-state index contributed by atoms with van der Waals surface area (Å²) in [7, 11) is 0. The molecule has 16 heavy (non-hydrogen) atoms. The van der Waals surface area contributed by atoms with Crippen LogP contribution >= 0.6 is 0 Å². The van der Waals surface area contributed by atoms with Crippen LogP contribution in [-0.4, -0.2) is 6.54 Å². The Morgan fingerprint density at radius 3 is 2.56 bits per heavy atom. The van der Waals surface area contributed by atoms with E-state index >= 15 is 0 Å². The molecule has 0 aliphatic heterocycles. The highest BCUT2D eigenvalue weighted by Gasteiger charge is 2.18. The van der Waals surface area contributed by atoms with Crippen LogP contribution < -0.4 is 5.32 Å². The van der Waals surface area contributed by atoms with E-state index < -0.39 is 0 Å². The van der Waals surface area contributed by atoms with E-state index in [9.17, 15) is 0 Å². The molecule has 0 bridgehead atoms. The van der Waals surface area contributed by atoms with Gasteiger partial charge < -0.3 is 5.32 Å². The lowest BCUT2D eigenvalue weighted by Gasteiger charge is -2.21. The van der Waals surface area contributed by atoms with Gasteiger partial charge in [-0.15, -0.1) is 0 Å².